The third kappa shape index (κ3) is 4.07. The maximum Gasteiger partial charge on any atom is 0.293 e. The Morgan fingerprint density at radius 3 is 2.26 bits per heavy atom. The summed E-state index contributed by atoms with van der Waals surface area (Å²) >= 11 is 5.78. The molecule has 0 fully saturated rings. The zero-order valence-corrected chi connectivity index (χ0v) is 13.8. The highest BCUT2D eigenvalue weighted by Gasteiger charge is 2.22. The second-order valence-electron chi connectivity index (χ2n) is 6.20. The monoisotopic (exact) mass is 332 g/mol. The predicted octanol–water partition coefficient (Wildman–Crippen LogP) is 4.80. The smallest absolute Gasteiger partial charge is 0.293 e. The van der Waals surface area contributed by atoms with Gasteiger partial charge in [0.2, 0.25) is 0 Å². The summed E-state index contributed by atoms with van der Waals surface area (Å²) in [4.78, 5) is 23.0. The summed E-state index contributed by atoms with van der Waals surface area (Å²) in [5, 5.41) is 14.4. The van der Waals surface area contributed by atoms with E-state index in [0.717, 1.165) is 5.56 Å². The summed E-state index contributed by atoms with van der Waals surface area (Å²) in [6, 6.07) is 11.1. The molecular weight excluding hydrogens is 316 g/mol. The van der Waals surface area contributed by atoms with Crippen molar-refractivity contribution in [2.45, 2.75) is 26.2 Å². The Morgan fingerprint density at radius 1 is 1.13 bits per heavy atom. The average molecular weight is 333 g/mol. The molecule has 6 heteroatoms. The Hall–Kier alpha value is -2.40. The van der Waals surface area contributed by atoms with Gasteiger partial charge in [-0.15, -0.1) is 0 Å². The van der Waals surface area contributed by atoms with Crippen LogP contribution in [0.1, 0.15) is 36.7 Å². The first-order valence-electron chi connectivity index (χ1n) is 7.04. The van der Waals surface area contributed by atoms with Crippen molar-refractivity contribution in [3.63, 3.8) is 0 Å². The maximum atomic E-state index is 12.2. The van der Waals surface area contributed by atoms with Crippen molar-refractivity contribution < 1.29 is 9.72 Å². The number of nitro benzene ring substituents is 1. The molecule has 0 unspecified atom stereocenters. The Morgan fingerprint density at radius 2 is 1.74 bits per heavy atom. The van der Waals surface area contributed by atoms with Crippen LogP contribution in [0.5, 0.6) is 0 Å². The van der Waals surface area contributed by atoms with E-state index >= 15 is 0 Å². The van der Waals surface area contributed by atoms with Crippen LogP contribution >= 0.6 is 11.6 Å². The second kappa shape index (κ2) is 6.38. The quantitative estimate of drug-likeness (QED) is 0.648. The van der Waals surface area contributed by atoms with Crippen LogP contribution in [0.25, 0.3) is 0 Å². The lowest BCUT2D eigenvalue weighted by Crippen LogP contribution is -2.15. The van der Waals surface area contributed by atoms with Crippen molar-refractivity contribution in [1.29, 1.82) is 0 Å². The van der Waals surface area contributed by atoms with Crippen LogP contribution in [0.4, 0.5) is 11.4 Å². The summed E-state index contributed by atoms with van der Waals surface area (Å²) in [7, 11) is 0. The number of hydrogen-bond donors (Lipinski definition) is 1. The van der Waals surface area contributed by atoms with Gasteiger partial charge in [0.1, 0.15) is 5.69 Å². The fourth-order valence-corrected chi connectivity index (χ4v) is 2.18. The highest BCUT2D eigenvalue weighted by Crippen LogP contribution is 2.31. The second-order valence-corrected chi connectivity index (χ2v) is 6.64. The van der Waals surface area contributed by atoms with E-state index in [1.807, 2.05) is 20.8 Å². The molecule has 0 saturated carbocycles. The number of rotatable bonds is 3. The summed E-state index contributed by atoms with van der Waals surface area (Å²) in [6.45, 7) is 5.91. The molecule has 0 aliphatic carbocycles. The molecule has 0 aliphatic heterocycles. The molecule has 2 aromatic rings. The minimum Gasteiger partial charge on any atom is -0.316 e. The molecule has 1 amide bonds. The number of halogens is 1. The summed E-state index contributed by atoms with van der Waals surface area (Å²) in [6.07, 6.45) is 0. The number of nitro groups is 1. The fraction of sp³-hybridized carbons (Fsp3) is 0.235. The molecule has 0 radical (unpaired) electrons. The van der Waals surface area contributed by atoms with Crippen LogP contribution in [0.15, 0.2) is 42.5 Å². The van der Waals surface area contributed by atoms with E-state index in [1.165, 1.54) is 6.07 Å². The average Bonchev–Trinajstić information content (AvgIpc) is 2.46. The van der Waals surface area contributed by atoms with Gasteiger partial charge >= 0.3 is 0 Å². The molecular formula is C17H17ClN2O3. The van der Waals surface area contributed by atoms with Crippen LogP contribution < -0.4 is 5.32 Å². The van der Waals surface area contributed by atoms with Gasteiger partial charge in [-0.1, -0.05) is 38.4 Å². The van der Waals surface area contributed by atoms with Gasteiger partial charge in [-0.25, -0.2) is 0 Å². The number of carbonyl (C=O) groups is 1. The Kier molecular flexibility index (Phi) is 4.71. The first-order chi connectivity index (χ1) is 10.7. The largest absolute Gasteiger partial charge is 0.316 e. The van der Waals surface area contributed by atoms with E-state index < -0.39 is 10.8 Å². The Labute approximate surface area is 139 Å². The third-order valence-corrected chi connectivity index (χ3v) is 3.67. The van der Waals surface area contributed by atoms with Crippen molar-refractivity contribution in [1.82, 2.24) is 0 Å². The van der Waals surface area contributed by atoms with Gasteiger partial charge in [-0.3, -0.25) is 14.9 Å². The first kappa shape index (κ1) is 17.0. The van der Waals surface area contributed by atoms with E-state index in [9.17, 15) is 14.9 Å². The maximum absolute atomic E-state index is 12.2. The standard InChI is InChI=1S/C17H17ClN2O3/c1-17(2,3)12-6-9-14(15(10-12)20(22)23)19-16(21)11-4-7-13(18)8-5-11/h4-10H,1-3H3,(H,19,21). The predicted molar refractivity (Wildman–Crippen MR) is 91.2 cm³/mol. The van der Waals surface area contributed by atoms with Crippen molar-refractivity contribution in [3.05, 3.63) is 68.7 Å². The van der Waals surface area contributed by atoms with E-state index in [2.05, 4.69) is 5.32 Å². The van der Waals surface area contributed by atoms with Gasteiger partial charge in [-0.05, 0) is 41.3 Å². The molecule has 0 aliphatic rings. The first-order valence-corrected chi connectivity index (χ1v) is 7.42. The number of anilines is 1. The Bertz CT molecular complexity index is 749. The number of amides is 1. The van der Waals surface area contributed by atoms with E-state index in [-0.39, 0.29) is 16.8 Å². The molecule has 2 rings (SSSR count). The third-order valence-electron chi connectivity index (χ3n) is 3.42. The van der Waals surface area contributed by atoms with E-state index in [1.54, 1.807) is 36.4 Å². The van der Waals surface area contributed by atoms with Crippen molar-refractivity contribution in [3.8, 4) is 0 Å². The topological polar surface area (TPSA) is 72.2 Å². The number of nitrogens with one attached hydrogen (secondary N) is 1. The lowest BCUT2D eigenvalue weighted by atomic mass is 9.86. The number of nitrogens with zero attached hydrogens (tertiary/aromatic N) is 1. The molecule has 0 atom stereocenters. The molecule has 0 bridgehead atoms. The van der Waals surface area contributed by atoms with Crippen molar-refractivity contribution >= 4 is 28.9 Å². The molecule has 0 spiro atoms. The molecule has 0 saturated heterocycles. The van der Waals surface area contributed by atoms with E-state index in [4.69, 9.17) is 11.6 Å². The lowest BCUT2D eigenvalue weighted by molar-refractivity contribution is -0.384. The minimum atomic E-state index is -0.493. The van der Waals surface area contributed by atoms with Crippen molar-refractivity contribution in [2.24, 2.45) is 0 Å². The normalized spacial score (nSPS) is 11.1. The Balaban J connectivity index is 2.34. The molecule has 2 aromatic carbocycles. The highest BCUT2D eigenvalue weighted by molar-refractivity contribution is 6.30. The van der Waals surface area contributed by atoms with Gasteiger partial charge in [0.15, 0.2) is 0 Å². The molecule has 0 aromatic heterocycles. The van der Waals surface area contributed by atoms with Crippen LogP contribution in [0.3, 0.4) is 0 Å². The van der Waals surface area contributed by atoms with Gasteiger partial charge < -0.3 is 5.32 Å². The number of carbonyl (C=O) groups excluding carboxylic acids is 1. The van der Waals surface area contributed by atoms with E-state index in [0.29, 0.717) is 10.6 Å². The number of benzene rings is 2. The minimum absolute atomic E-state index is 0.125. The van der Waals surface area contributed by atoms with Crippen LogP contribution in [0.2, 0.25) is 5.02 Å². The number of hydrogen-bond acceptors (Lipinski definition) is 3. The van der Waals surface area contributed by atoms with Gasteiger partial charge in [-0.2, -0.15) is 0 Å². The van der Waals surface area contributed by atoms with Gasteiger partial charge in [0.25, 0.3) is 11.6 Å². The zero-order chi connectivity index (χ0) is 17.2. The molecule has 5 nitrogen and oxygen atoms in total. The SMILES string of the molecule is CC(C)(C)c1ccc(NC(=O)c2ccc(Cl)cc2)c([N+](=O)[O-])c1. The molecule has 23 heavy (non-hydrogen) atoms. The summed E-state index contributed by atoms with van der Waals surface area (Å²) < 4.78 is 0. The highest BCUT2D eigenvalue weighted by atomic mass is 35.5. The van der Waals surface area contributed by atoms with Crippen molar-refractivity contribution in [2.75, 3.05) is 5.32 Å². The molecule has 1 N–H and O–H groups in total. The zero-order valence-electron chi connectivity index (χ0n) is 13.1. The molecule has 120 valence electrons. The van der Waals surface area contributed by atoms with Gasteiger partial charge in [0, 0.05) is 16.7 Å². The van der Waals surface area contributed by atoms with Crippen LogP contribution in [-0.4, -0.2) is 10.8 Å². The van der Waals surface area contributed by atoms with Crippen LogP contribution in [0, 0.1) is 10.1 Å². The summed E-state index contributed by atoms with van der Waals surface area (Å²) in [5.41, 5.74) is 1.03. The molecule has 0 heterocycles. The van der Waals surface area contributed by atoms with Gasteiger partial charge in [0.05, 0.1) is 4.92 Å². The summed E-state index contributed by atoms with van der Waals surface area (Å²) in [5.74, 6) is -0.423. The fourth-order valence-electron chi connectivity index (χ4n) is 2.05. The lowest BCUT2D eigenvalue weighted by Gasteiger charge is -2.19. The van der Waals surface area contributed by atoms with Crippen LogP contribution in [-0.2, 0) is 5.41 Å².